The first-order chi connectivity index (χ1) is 17.4. The Kier molecular flexibility index (Phi) is 5.76. The van der Waals surface area contributed by atoms with Crippen molar-refractivity contribution < 1.29 is 18.7 Å². The number of carbonyl (C=O) groups is 1. The molecule has 1 saturated heterocycles. The highest BCUT2D eigenvalue weighted by molar-refractivity contribution is 6.21. The van der Waals surface area contributed by atoms with E-state index < -0.39 is 11.6 Å². The predicted molar refractivity (Wildman–Crippen MR) is 134 cm³/mol. The number of amides is 1. The topological polar surface area (TPSA) is 71.4 Å². The smallest absolute Gasteiger partial charge is 0.237 e. The van der Waals surface area contributed by atoms with Gasteiger partial charge in [0.1, 0.15) is 11.6 Å². The van der Waals surface area contributed by atoms with Crippen LogP contribution in [0, 0.1) is 5.82 Å². The first kappa shape index (κ1) is 23.1. The monoisotopic (exact) mass is 493 g/mol. The second-order valence-electron chi connectivity index (χ2n) is 10.1. The van der Waals surface area contributed by atoms with E-state index in [2.05, 4.69) is 26.4 Å². The third-order valence-corrected chi connectivity index (χ3v) is 7.73. The van der Waals surface area contributed by atoms with Crippen LogP contribution in [0.3, 0.4) is 0 Å². The van der Waals surface area contributed by atoms with Crippen LogP contribution in [0.15, 0.2) is 52.4 Å². The van der Waals surface area contributed by atoms with Crippen LogP contribution in [0.5, 0.6) is 0 Å². The molecule has 188 valence electrons. The van der Waals surface area contributed by atoms with Gasteiger partial charge >= 0.3 is 0 Å². The van der Waals surface area contributed by atoms with Crippen molar-refractivity contribution in [2.24, 2.45) is 5.10 Å². The number of aliphatic hydroxyl groups excluding tert-OH is 1. The lowest BCUT2D eigenvalue weighted by Gasteiger charge is -2.33. The SMILES string of the molecule is CN1C=C2C(=C(C3=CCN(CC(=O)N4CCC[C@H]4CO)CC3)C1)NN=C1C=C(F)c3cc(F)cc2c31. The third-order valence-electron chi connectivity index (χ3n) is 7.73. The molecule has 9 heteroatoms. The zero-order valence-corrected chi connectivity index (χ0v) is 20.2. The Labute approximate surface area is 208 Å². The quantitative estimate of drug-likeness (QED) is 0.675. The van der Waals surface area contributed by atoms with Gasteiger partial charge in [-0.05, 0) is 42.5 Å². The molecule has 1 aromatic carbocycles. The van der Waals surface area contributed by atoms with E-state index in [0.717, 1.165) is 42.7 Å². The van der Waals surface area contributed by atoms with Gasteiger partial charge < -0.3 is 14.9 Å². The van der Waals surface area contributed by atoms with Gasteiger partial charge in [0.15, 0.2) is 0 Å². The Morgan fingerprint density at radius 2 is 2.08 bits per heavy atom. The van der Waals surface area contributed by atoms with Crippen LogP contribution in [-0.4, -0.2) is 83.8 Å². The number of likely N-dealkylation sites (tertiary alicyclic amines) is 1. The van der Waals surface area contributed by atoms with E-state index in [9.17, 15) is 18.7 Å². The van der Waals surface area contributed by atoms with E-state index in [-0.39, 0.29) is 24.1 Å². The lowest BCUT2D eigenvalue weighted by molar-refractivity contribution is -0.133. The number of hydrogen-bond acceptors (Lipinski definition) is 6. The minimum absolute atomic E-state index is 0.0181. The molecule has 0 bridgehead atoms. The summed E-state index contributed by atoms with van der Waals surface area (Å²) in [5.41, 5.74) is 8.96. The zero-order valence-electron chi connectivity index (χ0n) is 20.2. The number of benzene rings is 1. The van der Waals surface area contributed by atoms with Crippen molar-refractivity contribution in [2.75, 3.05) is 46.4 Å². The number of likely N-dealkylation sites (N-methyl/N-ethyl adjacent to an activating group) is 1. The van der Waals surface area contributed by atoms with Crippen LogP contribution in [0.4, 0.5) is 8.78 Å². The number of carbonyl (C=O) groups excluding carboxylic acids is 1. The second kappa shape index (κ2) is 8.97. The van der Waals surface area contributed by atoms with E-state index in [1.165, 1.54) is 23.8 Å². The molecule has 4 aliphatic heterocycles. The van der Waals surface area contributed by atoms with Gasteiger partial charge in [0.05, 0.1) is 30.6 Å². The Morgan fingerprint density at radius 1 is 1.25 bits per heavy atom. The van der Waals surface area contributed by atoms with E-state index in [4.69, 9.17) is 0 Å². The summed E-state index contributed by atoms with van der Waals surface area (Å²) in [5, 5.41) is 14.0. The van der Waals surface area contributed by atoms with Crippen molar-refractivity contribution in [3.8, 4) is 0 Å². The normalized spacial score (nSPS) is 23.4. The predicted octanol–water partition coefficient (Wildman–Crippen LogP) is 2.61. The number of nitrogens with one attached hydrogen (secondary N) is 1. The molecule has 1 aromatic rings. The average Bonchev–Trinajstić information content (AvgIpc) is 3.43. The number of rotatable bonds is 4. The summed E-state index contributed by atoms with van der Waals surface area (Å²) in [4.78, 5) is 18.8. The van der Waals surface area contributed by atoms with Crippen LogP contribution in [0.25, 0.3) is 11.4 Å². The van der Waals surface area contributed by atoms with E-state index in [0.29, 0.717) is 43.0 Å². The van der Waals surface area contributed by atoms with Crippen LogP contribution in [0.1, 0.15) is 36.0 Å². The molecule has 0 spiro atoms. The number of allylic oxidation sites excluding steroid dienone is 2. The molecule has 2 N–H and O–H groups in total. The fourth-order valence-electron chi connectivity index (χ4n) is 5.94. The maximum atomic E-state index is 14.5. The number of halogens is 2. The summed E-state index contributed by atoms with van der Waals surface area (Å²) >= 11 is 0. The van der Waals surface area contributed by atoms with Crippen LogP contribution >= 0.6 is 0 Å². The fourth-order valence-corrected chi connectivity index (χ4v) is 5.94. The Bertz CT molecular complexity index is 1300. The lowest BCUT2D eigenvalue weighted by Crippen LogP contribution is -2.45. The molecule has 4 heterocycles. The molecule has 0 aromatic heterocycles. The summed E-state index contributed by atoms with van der Waals surface area (Å²) < 4.78 is 29.0. The number of fused-ring (bicyclic) bond motifs is 2. The van der Waals surface area contributed by atoms with E-state index in [1.807, 2.05) is 18.1 Å². The van der Waals surface area contributed by atoms with E-state index >= 15 is 0 Å². The van der Waals surface area contributed by atoms with Crippen molar-refractivity contribution in [2.45, 2.75) is 25.3 Å². The van der Waals surface area contributed by atoms with Crippen molar-refractivity contribution in [3.05, 3.63) is 69.8 Å². The molecule has 1 atom stereocenters. The summed E-state index contributed by atoms with van der Waals surface area (Å²) in [6, 6.07) is 2.62. The van der Waals surface area contributed by atoms with Gasteiger partial charge in [0.25, 0.3) is 0 Å². The molecule has 0 saturated carbocycles. The summed E-state index contributed by atoms with van der Waals surface area (Å²) in [7, 11) is 1.97. The molecule has 0 unspecified atom stereocenters. The van der Waals surface area contributed by atoms with Crippen molar-refractivity contribution in [1.29, 1.82) is 0 Å². The molecule has 1 amide bonds. The molecule has 1 aliphatic carbocycles. The van der Waals surface area contributed by atoms with Gasteiger partial charge in [-0.25, -0.2) is 8.78 Å². The number of nitrogens with zero attached hydrogens (tertiary/aromatic N) is 4. The number of hydrogen-bond donors (Lipinski definition) is 2. The van der Waals surface area contributed by atoms with Gasteiger partial charge in [0, 0.05) is 67.8 Å². The number of aliphatic hydroxyl groups is 1. The highest BCUT2D eigenvalue weighted by Gasteiger charge is 2.33. The molecule has 6 rings (SSSR count). The van der Waals surface area contributed by atoms with Crippen LogP contribution < -0.4 is 5.43 Å². The molecule has 7 nitrogen and oxygen atoms in total. The average molecular weight is 494 g/mol. The van der Waals surface area contributed by atoms with Crippen molar-refractivity contribution in [1.82, 2.24) is 20.1 Å². The summed E-state index contributed by atoms with van der Waals surface area (Å²) in [6.07, 6.45) is 8.03. The summed E-state index contributed by atoms with van der Waals surface area (Å²) in [5.74, 6) is -0.888. The minimum atomic E-state index is -0.482. The molecule has 5 aliphatic rings. The van der Waals surface area contributed by atoms with Gasteiger partial charge in [-0.15, -0.1) is 0 Å². The molecule has 36 heavy (non-hydrogen) atoms. The van der Waals surface area contributed by atoms with Crippen molar-refractivity contribution in [3.63, 3.8) is 0 Å². The molecule has 1 fully saturated rings. The number of hydrazone groups is 1. The fraction of sp³-hybridized carbons (Fsp3) is 0.407. The first-order valence-electron chi connectivity index (χ1n) is 12.5. The first-order valence-corrected chi connectivity index (χ1v) is 12.5. The van der Waals surface area contributed by atoms with Crippen molar-refractivity contribution >= 4 is 23.0 Å². The second-order valence-corrected chi connectivity index (χ2v) is 10.1. The maximum absolute atomic E-state index is 14.5. The maximum Gasteiger partial charge on any atom is 0.237 e. The minimum Gasteiger partial charge on any atom is -0.394 e. The standard InChI is InChI=1S/C27H29F2N5O2/c1-32-12-21(16-4-7-33(8-5-16)14-25(36)34-6-2-3-18(34)15-35)27-22(13-32)19-9-17(28)10-20-23(29)11-24(26(19)20)30-31-27/h4,9-11,13,18,31,35H,2-3,5-8,12,14-15H2,1H3/t18-/m0/s1. The van der Waals surface area contributed by atoms with E-state index in [1.54, 1.807) is 0 Å². The third kappa shape index (κ3) is 3.87. The van der Waals surface area contributed by atoms with Crippen LogP contribution in [0.2, 0.25) is 0 Å². The van der Waals surface area contributed by atoms with Gasteiger partial charge in [-0.1, -0.05) is 6.08 Å². The van der Waals surface area contributed by atoms with Gasteiger partial charge in [-0.3, -0.25) is 15.1 Å². The Hall–Kier alpha value is -3.30. The largest absolute Gasteiger partial charge is 0.394 e. The molecular weight excluding hydrogens is 464 g/mol. The zero-order chi connectivity index (χ0) is 25.0. The highest BCUT2D eigenvalue weighted by atomic mass is 19.1. The lowest BCUT2D eigenvalue weighted by atomic mass is 9.87. The van der Waals surface area contributed by atoms with Crippen LogP contribution in [-0.2, 0) is 4.79 Å². The molecular formula is C27H29F2N5O2. The Morgan fingerprint density at radius 3 is 2.86 bits per heavy atom. The van der Waals surface area contributed by atoms with Gasteiger partial charge in [-0.2, -0.15) is 5.10 Å². The Balaban J connectivity index is 1.28. The van der Waals surface area contributed by atoms with Gasteiger partial charge in [0.2, 0.25) is 5.91 Å². The highest BCUT2D eigenvalue weighted by Crippen LogP contribution is 2.41. The molecule has 0 radical (unpaired) electrons. The summed E-state index contributed by atoms with van der Waals surface area (Å²) in [6.45, 7) is 3.13.